The maximum Gasteiger partial charge on any atom is 0.136 e. The Morgan fingerprint density at radius 3 is 2.59 bits per heavy atom. The summed E-state index contributed by atoms with van der Waals surface area (Å²) < 4.78 is 6.57. The molecule has 0 aromatic heterocycles. The van der Waals surface area contributed by atoms with E-state index < -0.39 is 5.60 Å². The van der Waals surface area contributed by atoms with Gasteiger partial charge in [0.1, 0.15) is 11.0 Å². The summed E-state index contributed by atoms with van der Waals surface area (Å²) in [5.74, 6) is 1.32. The molecule has 1 aromatic rings. The molecule has 0 bridgehead atoms. The molecule has 1 heterocycles. The van der Waals surface area contributed by atoms with Crippen molar-refractivity contribution in [1.82, 2.24) is 0 Å². The quantitative estimate of drug-likeness (QED) is 0.866. The predicted molar refractivity (Wildman–Crippen MR) is 92.8 cm³/mol. The molecule has 122 valence electrons. The van der Waals surface area contributed by atoms with Gasteiger partial charge in [-0.05, 0) is 37.2 Å². The van der Waals surface area contributed by atoms with Gasteiger partial charge in [0.25, 0.3) is 0 Å². The third-order valence-electron chi connectivity index (χ3n) is 5.47. The predicted octanol–water partition coefficient (Wildman–Crippen LogP) is 4.57. The van der Waals surface area contributed by atoms with E-state index in [2.05, 4.69) is 20.8 Å². The first kappa shape index (κ1) is 16.4. The number of ether oxygens (including phenoxy) is 1. The van der Waals surface area contributed by atoms with Crippen molar-refractivity contribution in [2.45, 2.75) is 68.8 Å². The Morgan fingerprint density at radius 1 is 1.23 bits per heavy atom. The highest BCUT2D eigenvalue weighted by molar-refractivity contribution is 8.01. The van der Waals surface area contributed by atoms with Gasteiger partial charge in [-0.15, -0.1) is 11.8 Å². The Balaban J connectivity index is 1.86. The van der Waals surface area contributed by atoms with Crippen molar-refractivity contribution < 1.29 is 9.84 Å². The van der Waals surface area contributed by atoms with Crippen LogP contribution in [0.15, 0.2) is 30.3 Å². The van der Waals surface area contributed by atoms with Crippen molar-refractivity contribution in [2.24, 2.45) is 11.8 Å². The van der Waals surface area contributed by atoms with E-state index in [1.165, 1.54) is 12.8 Å². The van der Waals surface area contributed by atoms with Gasteiger partial charge in [-0.2, -0.15) is 0 Å². The molecule has 5 atom stereocenters. The Hall–Kier alpha value is -0.510. The zero-order valence-corrected chi connectivity index (χ0v) is 14.9. The van der Waals surface area contributed by atoms with E-state index in [-0.39, 0.29) is 16.3 Å². The summed E-state index contributed by atoms with van der Waals surface area (Å²) in [5.41, 5.74) is -0.239. The van der Waals surface area contributed by atoms with Crippen LogP contribution in [0.3, 0.4) is 0 Å². The van der Waals surface area contributed by atoms with Gasteiger partial charge in [0.05, 0.1) is 6.10 Å². The van der Waals surface area contributed by atoms with Crippen molar-refractivity contribution >= 4 is 11.8 Å². The number of aliphatic hydroxyl groups is 1. The molecule has 1 aromatic carbocycles. The third kappa shape index (κ3) is 2.95. The number of thioether (sulfide) groups is 1. The minimum absolute atomic E-state index is 0.145. The van der Waals surface area contributed by atoms with Crippen LogP contribution in [0.5, 0.6) is 0 Å². The SMILES string of the molecule is C[C@@H]1CC[C@@H]2[C@@H](C1)O[C@@H]([C@@](C)(O)c1ccccc1)SC2(C)C. The summed E-state index contributed by atoms with van der Waals surface area (Å²) in [6.45, 7) is 8.85. The van der Waals surface area contributed by atoms with Gasteiger partial charge in [0, 0.05) is 4.75 Å². The van der Waals surface area contributed by atoms with Gasteiger partial charge in [0.2, 0.25) is 0 Å². The lowest BCUT2D eigenvalue weighted by molar-refractivity contribution is -0.130. The van der Waals surface area contributed by atoms with Gasteiger partial charge >= 0.3 is 0 Å². The average molecular weight is 320 g/mol. The Labute approximate surface area is 138 Å². The van der Waals surface area contributed by atoms with E-state index in [0.717, 1.165) is 17.9 Å². The molecule has 22 heavy (non-hydrogen) atoms. The van der Waals surface area contributed by atoms with Crippen LogP contribution in [0.2, 0.25) is 0 Å². The number of hydrogen-bond acceptors (Lipinski definition) is 3. The molecule has 0 spiro atoms. The van der Waals surface area contributed by atoms with Crippen molar-refractivity contribution in [3.63, 3.8) is 0 Å². The van der Waals surface area contributed by atoms with Crippen LogP contribution in [-0.4, -0.2) is 21.4 Å². The molecule has 3 rings (SSSR count). The highest BCUT2D eigenvalue weighted by Crippen LogP contribution is 2.53. The summed E-state index contributed by atoms with van der Waals surface area (Å²) in [6.07, 6.45) is 3.94. The second-order valence-corrected chi connectivity index (χ2v) is 9.48. The average Bonchev–Trinajstić information content (AvgIpc) is 2.46. The van der Waals surface area contributed by atoms with Crippen LogP contribution in [0.25, 0.3) is 0 Å². The first-order chi connectivity index (χ1) is 10.3. The summed E-state index contributed by atoms with van der Waals surface area (Å²) >= 11 is 1.81. The second-order valence-electron chi connectivity index (χ2n) is 7.77. The Bertz CT molecular complexity index is 511. The molecule has 2 nitrogen and oxygen atoms in total. The van der Waals surface area contributed by atoms with E-state index in [1.807, 2.05) is 37.3 Å². The first-order valence-electron chi connectivity index (χ1n) is 8.42. The maximum atomic E-state index is 11.2. The summed E-state index contributed by atoms with van der Waals surface area (Å²) in [5, 5.41) is 11.2. The lowest BCUT2D eigenvalue weighted by Crippen LogP contribution is -2.53. The standard InChI is InChI=1S/C19H28O2S/c1-13-10-11-15-16(12-13)21-17(22-18(15,2)3)19(4,20)14-8-6-5-7-9-14/h5-9,13,15-17,20H,10-12H2,1-4H3/t13-,15-,16-,17-,19+/m1/s1. The highest BCUT2D eigenvalue weighted by atomic mass is 32.2. The first-order valence-corrected chi connectivity index (χ1v) is 9.30. The zero-order chi connectivity index (χ0) is 16.0. The molecule has 2 fully saturated rings. The van der Waals surface area contributed by atoms with Gasteiger partial charge < -0.3 is 9.84 Å². The normalized spacial score (nSPS) is 37.1. The fourth-order valence-electron chi connectivity index (χ4n) is 3.98. The largest absolute Gasteiger partial charge is 0.382 e. The van der Waals surface area contributed by atoms with Crippen LogP contribution in [0, 0.1) is 11.8 Å². The molecular weight excluding hydrogens is 292 g/mol. The molecule has 0 unspecified atom stereocenters. The van der Waals surface area contributed by atoms with Crippen molar-refractivity contribution in [3.05, 3.63) is 35.9 Å². The lowest BCUT2D eigenvalue weighted by atomic mass is 9.74. The van der Waals surface area contributed by atoms with E-state index in [1.54, 1.807) is 11.8 Å². The molecule has 1 N–H and O–H groups in total. The van der Waals surface area contributed by atoms with E-state index in [9.17, 15) is 5.11 Å². The minimum Gasteiger partial charge on any atom is -0.382 e. The molecule has 1 aliphatic heterocycles. The molecule has 0 radical (unpaired) electrons. The van der Waals surface area contributed by atoms with Gasteiger partial charge in [-0.1, -0.05) is 57.5 Å². The van der Waals surface area contributed by atoms with Crippen LogP contribution in [0.4, 0.5) is 0 Å². The maximum absolute atomic E-state index is 11.2. The van der Waals surface area contributed by atoms with E-state index in [0.29, 0.717) is 5.92 Å². The van der Waals surface area contributed by atoms with Crippen molar-refractivity contribution in [3.8, 4) is 0 Å². The fraction of sp³-hybridized carbons (Fsp3) is 0.684. The molecule has 2 aliphatic rings. The molecule has 1 aliphatic carbocycles. The van der Waals surface area contributed by atoms with Crippen molar-refractivity contribution in [1.29, 1.82) is 0 Å². The van der Waals surface area contributed by atoms with Crippen LogP contribution in [-0.2, 0) is 10.3 Å². The molecule has 3 heteroatoms. The zero-order valence-electron chi connectivity index (χ0n) is 14.1. The number of benzene rings is 1. The fourth-order valence-corrected chi connectivity index (χ4v) is 5.54. The van der Waals surface area contributed by atoms with Gasteiger partial charge in [-0.25, -0.2) is 0 Å². The van der Waals surface area contributed by atoms with E-state index >= 15 is 0 Å². The van der Waals surface area contributed by atoms with Crippen molar-refractivity contribution in [2.75, 3.05) is 0 Å². The molecular formula is C19H28O2S. The molecule has 0 amide bonds. The van der Waals surface area contributed by atoms with E-state index in [4.69, 9.17) is 4.74 Å². The van der Waals surface area contributed by atoms with Crippen LogP contribution >= 0.6 is 11.8 Å². The Kier molecular flexibility index (Phi) is 4.34. The minimum atomic E-state index is -0.963. The summed E-state index contributed by atoms with van der Waals surface area (Å²) in [7, 11) is 0. The topological polar surface area (TPSA) is 29.5 Å². The summed E-state index contributed by atoms with van der Waals surface area (Å²) in [6, 6.07) is 9.93. The monoisotopic (exact) mass is 320 g/mol. The third-order valence-corrected chi connectivity index (χ3v) is 7.17. The Morgan fingerprint density at radius 2 is 1.91 bits per heavy atom. The second kappa shape index (κ2) is 5.85. The number of hydrogen-bond donors (Lipinski definition) is 1. The lowest BCUT2D eigenvalue weighted by Gasteiger charge is -2.52. The van der Waals surface area contributed by atoms with Gasteiger partial charge in [0.15, 0.2) is 0 Å². The molecule has 1 saturated carbocycles. The smallest absolute Gasteiger partial charge is 0.136 e. The summed E-state index contributed by atoms with van der Waals surface area (Å²) in [4.78, 5) is 0. The van der Waals surface area contributed by atoms with Gasteiger partial charge in [-0.3, -0.25) is 0 Å². The molecule has 1 saturated heterocycles. The van der Waals surface area contributed by atoms with Crippen LogP contribution in [0.1, 0.15) is 52.5 Å². The van der Waals surface area contributed by atoms with Crippen LogP contribution < -0.4 is 0 Å². The number of rotatable bonds is 2. The highest BCUT2D eigenvalue weighted by Gasteiger charge is 2.51. The number of fused-ring (bicyclic) bond motifs is 1.